The van der Waals surface area contributed by atoms with Gasteiger partial charge in [0, 0.05) is 31.5 Å². The summed E-state index contributed by atoms with van der Waals surface area (Å²) in [6.45, 7) is -4.90. The molecule has 1 aromatic carbocycles. The van der Waals surface area contributed by atoms with Crippen molar-refractivity contribution < 1.29 is 47.6 Å². The second kappa shape index (κ2) is 17.4. The van der Waals surface area contributed by atoms with Crippen LogP contribution >= 0.6 is 18.2 Å². The Balaban J connectivity index is 1.12. The first-order valence-corrected chi connectivity index (χ1v) is 19.9. The van der Waals surface area contributed by atoms with Crippen molar-refractivity contribution in [3.05, 3.63) is 81.7 Å². The monoisotopic (exact) mass is 777 g/mol. The smallest absolute Gasteiger partial charge is 0.389 e. The second-order valence-corrected chi connectivity index (χ2v) is 16.3. The molecule has 0 spiro atoms. The first-order valence-electron chi connectivity index (χ1n) is 16.8. The molecular weight excluding hydrogens is 737 g/mol. The number of H-pyrrole nitrogens is 1. The van der Waals surface area contributed by atoms with Gasteiger partial charge in [-0.15, -0.1) is 0 Å². The number of nitrogens with two attached hydrogens (primary N) is 1. The third-order valence-corrected chi connectivity index (χ3v) is 12.5. The van der Waals surface area contributed by atoms with Gasteiger partial charge in [-0.05, 0) is 42.8 Å². The molecule has 3 unspecified atom stereocenters. The Morgan fingerprint density at radius 1 is 1.08 bits per heavy atom. The number of benzene rings is 1. The maximum absolute atomic E-state index is 14.5. The van der Waals surface area contributed by atoms with Crippen molar-refractivity contribution in [2.24, 2.45) is 0 Å². The van der Waals surface area contributed by atoms with E-state index < -0.39 is 73.6 Å². The summed E-state index contributed by atoms with van der Waals surface area (Å²) in [6.07, 6.45) is -1.36. The topological polar surface area (TPSA) is 254 Å². The fourth-order valence-electron chi connectivity index (χ4n) is 5.99. The van der Waals surface area contributed by atoms with Crippen molar-refractivity contribution in [1.82, 2.24) is 29.1 Å². The number of aromatic nitrogens is 6. The van der Waals surface area contributed by atoms with Gasteiger partial charge in [-0.25, -0.2) is 29.1 Å². The number of methoxy groups -OCH3 is 1. The Morgan fingerprint density at radius 2 is 1.89 bits per heavy atom. The molecule has 0 bridgehead atoms. The van der Waals surface area contributed by atoms with Crippen molar-refractivity contribution in [3.63, 3.8) is 0 Å². The highest BCUT2D eigenvalue weighted by molar-refractivity contribution is 8.55. The number of ether oxygens (including phenoxy) is 4. The van der Waals surface area contributed by atoms with Gasteiger partial charge >= 0.3 is 18.5 Å². The first-order chi connectivity index (χ1) is 25.6. The average Bonchev–Trinajstić information content (AvgIpc) is 3.85. The number of unbranched alkanes of at least 4 members (excludes halogenated alkanes) is 2. The lowest BCUT2D eigenvalue weighted by Crippen LogP contribution is -2.39. The predicted molar refractivity (Wildman–Crippen MR) is 189 cm³/mol. The van der Waals surface area contributed by atoms with Crippen LogP contribution < -0.4 is 17.0 Å². The van der Waals surface area contributed by atoms with Crippen LogP contribution in [-0.4, -0.2) is 108 Å². The van der Waals surface area contributed by atoms with Crippen molar-refractivity contribution in [2.45, 2.75) is 68.7 Å². The number of aliphatic hydroxyl groups is 2. The fraction of sp³-hybridized carbons (Fsp3) is 0.500. The molecule has 0 radical (unpaired) electrons. The number of fused-ring (bicyclic) bond motifs is 1. The number of hydrogen-bond acceptors (Lipinski definition) is 17. The van der Waals surface area contributed by atoms with Crippen molar-refractivity contribution >= 4 is 41.1 Å². The number of imidazole rings is 1. The van der Waals surface area contributed by atoms with E-state index in [1.165, 1.54) is 26.0 Å². The molecule has 4 aromatic rings. The molecule has 21 heteroatoms. The molecule has 8 atom stereocenters. The van der Waals surface area contributed by atoms with E-state index in [4.69, 9.17) is 33.7 Å². The van der Waals surface area contributed by atoms with Crippen molar-refractivity contribution in [1.29, 1.82) is 0 Å². The van der Waals surface area contributed by atoms with Gasteiger partial charge in [0.05, 0.1) is 37.8 Å². The highest BCUT2D eigenvalue weighted by Gasteiger charge is 2.50. The van der Waals surface area contributed by atoms with Crippen LogP contribution in [0.2, 0.25) is 0 Å². The summed E-state index contributed by atoms with van der Waals surface area (Å²) < 4.78 is 52.3. The molecule has 0 amide bonds. The molecule has 286 valence electrons. The maximum atomic E-state index is 14.5. The zero-order valence-electron chi connectivity index (χ0n) is 28.5. The number of esters is 1. The Hall–Kier alpha value is -3.98. The number of nitrogen functional groups attached to an aromatic ring is 1. The molecule has 53 heavy (non-hydrogen) atoms. The number of hydrogen-bond donors (Lipinski definition) is 4. The van der Waals surface area contributed by atoms with E-state index in [0.717, 1.165) is 22.0 Å². The van der Waals surface area contributed by atoms with Crippen molar-refractivity contribution in [2.75, 3.05) is 38.4 Å². The Labute approximate surface area is 306 Å². The highest BCUT2D eigenvalue weighted by Crippen LogP contribution is 2.63. The lowest BCUT2D eigenvalue weighted by atomic mass is 10.1. The molecular formula is C32H40N7O12PS. The second-order valence-electron chi connectivity index (χ2n) is 12.2. The quantitative estimate of drug-likeness (QED) is 0.0677. The first kappa shape index (κ1) is 38.7. The number of carbonyl (C=O) groups excluding carboxylic acids is 1. The summed E-state index contributed by atoms with van der Waals surface area (Å²) >= 11 is 0.897. The third kappa shape index (κ3) is 9.05. The summed E-state index contributed by atoms with van der Waals surface area (Å²) in [5, 5.41) is 21.2. The number of nitrogens with one attached hydrogen (secondary N) is 1. The summed E-state index contributed by atoms with van der Waals surface area (Å²) in [6, 6.07) is 9.77. The SMILES string of the molecule is CO[C@H]1C(OP(=O)(OC[C@H]2O[C@@H](n3cnc4c(N)ncnc43)CC2O)SCCCCCOC(=O)c2ccccc2)[C@@H](CO)O[C@H]1n1ccc(=O)[nH]c1=O. The molecule has 5 heterocycles. The number of aromatic amines is 1. The standard InChI is InChI=1S/C32H40N7O12PS/c1-46-27-26(21(15-40)50-30(27)38-11-10-23(42)37-32(38)44)51-52(45,53-13-7-3-6-12-47-31(43)19-8-4-2-5-9-19)48-16-22-20(41)14-24(49-22)39-18-36-25-28(33)34-17-35-29(25)39/h2,4-5,8-11,17-18,20-22,24,26-27,30,40-41H,3,6-7,12-16H2,1H3,(H2,33,34,35)(H,37,42,44)/t20?,21-,22-,24-,26?,27+,30-,52?/m1/s1. The van der Waals surface area contributed by atoms with Crippen LogP contribution in [0.15, 0.2) is 64.8 Å². The normalized spacial score (nSPS) is 25.5. The van der Waals surface area contributed by atoms with Gasteiger partial charge in [-0.2, -0.15) is 0 Å². The van der Waals surface area contributed by atoms with Gasteiger partial charge in [0.2, 0.25) is 0 Å². The van der Waals surface area contributed by atoms with E-state index in [9.17, 15) is 29.2 Å². The zero-order chi connectivity index (χ0) is 37.5. The van der Waals surface area contributed by atoms with Crippen molar-refractivity contribution in [3.8, 4) is 0 Å². The third-order valence-electron chi connectivity index (χ3n) is 8.69. The lowest BCUT2D eigenvalue weighted by molar-refractivity contribution is -0.0625. The van der Waals surface area contributed by atoms with E-state index in [2.05, 4.69) is 19.9 Å². The molecule has 2 aliphatic rings. The number of aliphatic hydroxyl groups excluding tert-OH is 2. The molecule has 0 aliphatic carbocycles. The molecule has 19 nitrogen and oxygen atoms in total. The van der Waals surface area contributed by atoms with Crippen LogP contribution in [-0.2, 0) is 32.6 Å². The minimum absolute atomic E-state index is 0.140. The van der Waals surface area contributed by atoms with Crippen LogP contribution in [0.4, 0.5) is 5.82 Å². The lowest BCUT2D eigenvalue weighted by Gasteiger charge is -2.28. The van der Waals surface area contributed by atoms with Gasteiger partial charge < -0.3 is 34.9 Å². The largest absolute Gasteiger partial charge is 0.462 e. The van der Waals surface area contributed by atoms with Gasteiger partial charge in [-0.3, -0.25) is 28.0 Å². The van der Waals surface area contributed by atoms with Crippen LogP contribution in [0.5, 0.6) is 0 Å². The van der Waals surface area contributed by atoms with Crippen LogP contribution in [0.1, 0.15) is 48.5 Å². The van der Waals surface area contributed by atoms with Gasteiger partial charge in [0.25, 0.3) is 5.56 Å². The number of rotatable bonds is 17. The van der Waals surface area contributed by atoms with Crippen LogP contribution in [0, 0.1) is 0 Å². The number of anilines is 1. The summed E-state index contributed by atoms with van der Waals surface area (Å²) in [7, 11) is 1.33. The molecule has 0 saturated carbocycles. The number of carbonyl (C=O) groups is 1. The zero-order valence-corrected chi connectivity index (χ0v) is 30.3. The van der Waals surface area contributed by atoms with Crippen LogP contribution in [0.25, 0.3) is 11.2 Å². The Morgan fingerprint density at radius 3 is 2.64 bits per heavy atom. The minimum Gasteiger partial charge on any atom is -0.462 e. The van der Waals surface area contributed by atoms with E-state index in [-0.39, 0.29) is 25.5 Å². The Bertz CT molecular complexity index is 2020. The molecule has 3 aromatic heterocycles. The average molecular weight is 778 g/mol. The predicted octanol–water partition coefficient (Wildman–Crippen LogP) is 1.78. The molecule has 5 N–H and O–H groups in total. The van der Waals surface area contributed by atoms with E-state index in [0.29, 0.717) is 41.7 Å². The van der Waals surface area contributed by atoms with E-state index in [1.807, 2.05) is 0 Å². The van der Waals surface area contributed by atoms with Gasteiger partial charge in [0.15, 0.2) is 17.7 Å². The highest BCUT2D eigenvalue weighted by atomic mass is 32.7. The number of nitrogens with zero attached hydrogens (tertiary/aromatic N) is 5. The molecule has 2 aliphatic heterocycles. The maximum Gasteiger partial charge on any atom is 0.389 e. The van der Waals surface area contributed by atoms with E-state index >= 15 is 0 Å². The molecule has 2 saturated heterocycles. The summed E-state index contributed by atoms with van der Waals surface area (Å²) in [5.74, 6) is 0.0611. The molecule has 2 fully saturated rings. The summed E-state index contributed by atoms with van der Waals surface area (Å²) in [5.41, 5.74) is 5.76. The van der Waals surface area contributed by atoms with E-state index in [1.54, 1.807) is 34.9 Å². The van der Waals surface area contributed by atoms with Crippen LogP contribution in [0.3, 0.4) is 0 Å². The minimum atomic E-state index is -4.16. The van der Waals surface area contributed by atoms with Gasteiger partial charge in [0.1, 0.15) is 42.5 Å². The molecule has 6 rings (SSSR count). The Kier molecular flexibility index (Phi) is 12.7. The van der Waals surface area contributed by atoms with Gasteiger partial charge in [-0.1, -0.05) is 18.2 Å². The fourth-order valence-corrected chi connectivity index (χ4v) is 9.57. The summed E-state index contributed by atoms with van der Waals surface area (Å²) in [4.78, 5) is 51.1.